The van der Waals surface area contributed by atoms with Gasteiger partial charge in [0.05, 0.1) is 5.75 Å². The molecule has 0 amide bonds. The number of likely N-dealkylation sites (N-methyl/N-ethyl adjacent to an activating group) is 1. The molecule has 4 nitrogen and oxygen atoms in total. The Balaban J connectivity index is 2.06. The maximum atomic E-state index is 10.5. The third-order valence-electron chi connectivity index (χ3n) is 2.10. The molecule has 0 aliphatic carbocycles. The van der Waals surface area contributed by atoms with Gasteiger partial charge in [0.1, 0.15) is 17.7 Å². The van der Waals surface area contributed by atoms with Gasteiger partial charge in [-0.3, -0.25) is 10.6 Å². The number of rotatable bonds is 8. The lowest BCUT2D eigenvalue weighted by Crippen LogP contribution is -2.42. The summed E-state index contributed by atoms with van der Waals surface area (Å²) < 4.78 is 5.44. The summed E-state index contributed by atoms with van der Waals surface area (Å²) in [6.45, 7) is 2.74. The molecule has 90 valence electrons. The first-order valence-corrected chi connectivity index (χ1v) is 6.40. The molecular formula is C11H18N2O2S. The fraction of sp³-hybridized carbons (Fsp3) is 0.545. The number of furan rings is 1. The van der Waals surface area contributed by atoms with Crippen LogP contribution >= 0.6 is 11.8 Å². The topological polar surface area (TPSA) is 54.3 Å². The van der Waals surface area contributed by atoms with Crippen molar-refractivity contribution in [2.45, 2.75) is 18.8 Å². The molecule has 0 saturated carbocycles. The molecule has 1 heterocycles. The molecular weight excluding hydrogens is 224 g/mol. The van der Waals surface area contributed by atoms with E-state index in [1.165, 1.54) is 0 Å². The quantitative estimate of drug-likeness (QED) is 0.407. The average molecular weight is 242 g/mol. The van der Waals surface area contributed by atoms with E-state index in [4.69, 9.17) is 4.42 Å². The first-order chi connectivity index (χ1) is 7.76. The van der Waals surface area contributed by atoms with Crippen molar-refractivity contribution in [3.8, 4) is 0 Å². The van der Waals surface area contributed by atoms with E-state index in [9.17, 15) is 4.79 Å². The van der Waals surface area contributed by atoms with Crippen molar-refractivity contribution in [3.05, 3.63) is 23.7 Å². The molecule has 16 heavy (non-hydrogen) atoms. The number of thioether (sulfide) groups is 1. The summed E-state index contributed by atoms with van der Waals surface area (Å²) in [5.74, 6) is 3.78. The SMILES string of the molecule is CNC(C=O)NCCSCc1ccc(C)o1. The molecule has 5 heteroatoms. The van der Waals surface area contributed by atoms with Gasteiger partial charge in [-0.2, -0.15) is 11.8 Å². The van der Waals surface area contributed by atoms with Gasteiger partial charge in [0.25, 0.3) is 0 Å². The number of aryl methyl sites for hydroxylation is 1. The predicted octanol–water partition coefficient (Wildman–Crippen LogP) is 1.16. The van der Waals surface area contributed by atoms with Crippen molar-refractivity contribution in [1.29, 1.82) is 0 Å². The smallest absolute Gasteiger partial charge is 0.151 e. The number of carbonyl (C=O) groups excluding carboxylic acids is 1. The second-order valence-electron chi connectivity index (χ2n) is 3.42. The van der Waals surface area contributed by atoms with Crippen molar-refractivity contribution in [2.24, 2.45) is 0 Å². The minimum Gasteiger partial charge on any atom is -0.466 e. The number of nitrogens with one attached hydrogen (secondary N) is 2. The van der Waals surface area contributed by atoms with Crippen LogP contribution in [-0.4, -0.2) is 31.8 Å². The summed E-state index contributed by atoms with van der Waals surface area (Å²) in [4.78, 5) is 10.5. The van der Waals surface area contributed by atoms with E-state index >= 15 is 0 Å². The Labute approximate surface area is 100 Å². The van der Waals surface area contributed by atoms with Crippen molar-refractivity contribution in [3.63, 3.8) is 0 Å². The first-order valence-electron chi connectivity index (χ1n) is 5.25. The van der Waals surface area contributed by atoms with Crippen LogP contribution in [0.1, 0.15) is 11.5 Å². The van der Waals surface area contributed by atoms with Crippen molar-refractivity contribution < 1.29 is 9.21 Å². The zero-order valence-electron chi connectivity index (χ0n) is 9.66. The summed E-state index contributed by atoms with van der Waals surface area (Å²) in [5, 5.41) is 5.94. The fourth-order valence-corrected chi connectivity index (χ4v) is 2.00. The van der Waals surface area contributed by atoms with Crippen LogP contribution in [0.5, 0.6) is 0 Å². The molecule has 2 N–H and O–H groups in total. The van der Waals surface area contributed by atoms with E-state index in [1.54, 1.807) is 18.8 Å². The van der Waals surface area contributed by atoms with E-state index in [1.807, 2.05) is 19.1 Å². The highest BCUT2D eigenvalue weighted by Gasteiger charge is 2.02. The molecule has 0 saturated heterocycles. The van der Waals surface area contributed by atoms with Crippen molar-refractivity contribution in [1.82, 2.24) is 10.6 Å². The number of aldehydes is 1. The minimum atomic E-state index is -0.244. The zero-order chi connectivity index (χ0) is 11.8. The summed E-state index contributed by atoms with van der Waals surface area (Å²) in [6, 6.07) is 3.97. The van der Waals surface area contributed by atoms with Gasteiger partial charge in [-0.05, 0) is 26.1 Å². The molecule has 1 unspecified atom stereocenters. The fourth-order valence-electron chi connectivity index (χ4n) is 1.24. The maximum absolute atomic E-state index is 10.5. The lowest BCUT2D eigenvalue weighted by Gasteiger charge is -2.10. The van der Waals surface area contributed by atoms with Crippen LogP contribution < -0.4 is 10.6 Å². The standard InChI is InChI=1S/C11H18N2O2S/c1-9-3-4-10(15-9)8-16-6-5-13-11(7-14)12-2/h3-4,7,11-13H,5-6,8H2,1-2H3. The molecule has 0 aliphatic rings. The highest BCUT2D eigenvalue weighted by atomic mass is 32.2. The highest BCUT2D eigenvalue weighted by molar-refractivity contribution is 7.98. The number of hydrogen-bond donors (Lipinski definition) is 2. The Hall–Kier alpha value is -0.780. The Morgan fingerprint density at radius 1 is 1.56 bits per heavy atom. The Bertz CT molecular complexity index is 315. The highest BCUT2D eigenvalue weighted by Crippen LogP contribution is 2.14. The van der Waals surface area contributed by atoms with Crippen LogP contribution in [0, 0.1) is 6.92 Å². The molecule has 0 aromatic carbocycles. The largest absolute Gasteiger partial charge is 0.466 e. The lowest BCUT2D eigenvalue weighted by molar-refractivity contribution is -0.110. The van der Waals surface area contributed by atoms with Gasteiger partial charge >= 0.3 is 0 Å². The van der Waals surface area contributed by atoms with E-state index in [0.717, 1.165) is 35.9 Å². The molecule has 1 aromatic heterocycles. The van der Waals surface area contributed by atoms with Gasteiger partial charge in [0, 0.05) is 12.3 Å². The molecule has 0 spiro atoms. The van der Waals surface area contributed by atoms with Gasteiger partial charge in [-0.15, -0.1) is 0 Å². The van der Waals surface area contributed by atoms with E-state index in [-0.39, 0.29) is 6.17 Å². The maximum Gasteiger partial charge on any atom is 0.151 e. The third-order valence-corrected chi connectivity index (χ3v) is 3.08. The van der Waals surface area contributed by atoms with Gasteiger partial charge in [0.2, 0.25) is 0 Å². The molecule has 0 radical (unpaired) electrons. The molecule has 0 aliphatic heterocycles. The Kier molecular flexibility index (Phi) is 6.22. The van der Waals surface area contributed by atoms with Crippen LogP contribution in [0.3, 0.4) is 0 Å². The van der Waals surface area contributed by atoms with Crippen molar-refractivity contribution in [2.75, 3.05) is 19.3 Å². The van der Waals surface area contributed by atoms with Gasteiger partial charge < -0.3 is 9.21 Å². The van der Waals surface area contributed by atoms with E-state index < -0.39 is 0 Å². The number of hydrogen-bond acceptors (Lipinski definition) is 5. The second-order valence-corrected chi connectivity index (χ2v) is 4.53. The Morgan fingerprint density at radius 2 is 2.38 bits per heavy atom. The zero-order valence-corrected chi connectivity index (χ0v) is 10.5. The summed E-state index contributed by atoms with van der Waals surface area (Å²) in [6.07, 6.45) is 0.618. The lowest BCUT2D eigenvalue weighted by atomic mass is 10.5. The molecule has 1 aromatic rings. The van der Waals surface area contributed by atoms with E-state index in [2.05, 4.69) is 10.6 Å². The second kappa shape index (κ2) is 7.49. The average Bonchev–Trinajstić information content (AvgIpc) is 2.70. The van der Waals surface area contributed by atoms with Crippen molar-refractivity contribution >= 4 is 18.0 Å². The summed E-state index contributed by atoms with van der Waals surface area (Å²) in [5.41, 5.74) is 0. The summed E-state index contributed by atoms with van der Waals surface area (Å²) in [7, 11) is 1.75. The van der Waals surface area contributed by atoms with Crippen LogP contribution in [0.4, 0.5) is 0 Å². The van der Waals surface area contributed by atoms with Crippen LogP contribution in [-0.2, 0) is 10.5 Å². The third kappa shape index (κ3) is 4.83. The summed E-state index contributed by atoms with van der Waals surface area (Å²) >= 11 is 1.78. The predicted molar refractivity (Wildman–Crippen MR) is 66.5 cm³/mol. The molecule has 1 atom stereocenters. The van der Waals surface area contributed by atoms with E-state index in [0.29, 0.717) is 0 Å². The molecule has 0 fully saturated rings. The van der Waals surface area contributed by atoms with Crippen LogP contribution in [0.25, 0.3) is 0 Å². The number of carbonyl (C=O) groups is 1. The molecule has 1 rings (SSSR count). The molecule has 0 bridgehead atoms. The first kappa shape index (κ1) is 13.3. The van der Waals surface area contributed by atoms with Gasteiger partial charge in [0.15, 0.2) is 6.29 Å². The van der Waals surface area contributed by atoms with Crippen LogP contribution in [0.2, 0.25) is 0 Å². The van der Waals surface area contributed by atoms with Crippen LogP contribution in [0.15, 0.2) is 16.5 Å². The minimum absolute atomic E-state index is 0.244. The van der Waals surface area contributed by atoms with Gasteiger partial charge in [-0.1, -0.05) is 0 Å². The normalized spacial score (nSPS) is 12.6. The van der Waals surface area contributed by atoms with Gasteiger partial charge in [-0.25, -0.2) is 0 Å². The Morgan fingerprint density at radius 3 is 2.94 bits per heavy atom. The monoisotopic (exact) mass is 242 g/mol.